The summed E-state index contributed by atoms with van der Waals surface area (Å²) < 4.78 is 5.08. The molecule has 0 aliphatic carbocycles. The van der Waals surface area contributed by atoms with Crippen molar-refractivity contribution in [2.45, 2.75) is 20.3 Å². The van der Waals surface area contributed by atoms with Crippen LogP contribution < -0.4 is 5.32 Å². The number of hydrogen-bond acceptors (Lipinski definition) is 4. The Morgan fingerprint density at radius 3 is 2.89 bits per heavy atom. The number of nitrogens with zero attached hydrogens (tertiary/aromatic N) is 2. The van der Waals surface area contributed by atoms with E-state index in [2.05, 4.69) is 24.1 Å². The number of aromatic nitrogens is 1. The van der Waals surface area contributed by atoms with Crippen molar-refractivity contribution in [3.8, 4) is 6.07 Å². The zero-order chi connectivity index (χ0) is 13.6. The van der Waals surface area contributed by atoms with Gasteiger partial charge in [-0.25, -0.2) is 4.98 Å². The minimum absolute atomic E-state index is 0.0731. The van der Waals surface area contributed by atoms with Crippen molar-refractivity contribution in [3.05, 3.63) is 22.8 Å². The third kappa shape index (κ3) is 4.17. The van der Waals surface area contributed by atoms with Crippen LogP contribution in [0.5, 0.6) is 0 Å². The van der Waals surface area contributed by atoms with Gasteiger partial charge < -0.3 is 10.1 Å². The highest BCUT2D eigenvalue weighted by Gasteiger charge is 2.18. The number of methoxy groups -OCH3 is 1. The van der Waals surface area contributed by atoms with E-state index >= 15 is 0 Å². The maximum atomic E-state index is 8.88. The molecule has 5 heteroatoms. The average Bonchev–Trinajstić information content (AvgIpc) is 2.35. The summed E-state index contributed by atoms with van der Waals surface area (Å²) in [5.74, 6) is 0.557. The SMILES string of the molecule is COCCC(C)(C)CNc1nccc(C#N)c1Cl. The average molecular weight is 268 g/mol. The second kappa shape index (κ2) is 6.58. The quantitative estimate of drug-likeness (QED) is 0.861. The number of halogens is 1. The van der Waals surface area contributed by atoms with Gasteiger partial charge in [-0.05, 0) is 17.9 Å². The summed E-state index contributed by atoms with van der Waals surface area (Å²) in [5, 5.41) is 12.4. The molecule has 1 aromatic rings. The highest BCUT2D eigenvalue weighted by molar-refractivity contribution is 6.34. The Morgan fingerprint density at radius 2 is 2.28 bits per heavy atom. The van der Waals surface area contributed by atoms with Gasteiger partial charge in [-0.1, -0.05) is 25.4 Å². The largest absolute Gasteiger partial charge is 0.385 e. The van der Waals surface area contributed by atoms with E-state index in [0.717, 1.165) is 13.0 Å². The number of rotatable bonds is 6. The van der Waals surface area contributed by atoms with Gasteiger partial charge in [0.05, 0.1) is 5.56 Å². The summed E-state index contributed by atoms with van der Waals surface area (Å²) in [4.78, 5) is 4.14. The molecule has 0 fully saturated rings. The van der Waals surface area contributed by atoms with Gasteiger partial charge in [0, 0.05) is 26.5 Å². The molecule has 4 nitrogen and oxygen atoms in total. The fourth-order valence-electron chi connectivity index (χ4n) is 1.44. The molecule has 0 aliphatic heterocycles. The molecule has 18 heavy (non-hydrogen) atoms. The van der Waals surface area contributed by atoms with E-state index in [0.29, 0.717) is 23.0 Å². The monoisotopic (exact) mass is 267 g/mol. The molecular formula is C13H18ClN3O. The Kier molecular flexibility index (Phi) is 5.39. The number of ether oxygens (including phenoxy) is 1. The van der Waals surface area contributed by atoms with Crippen molar-refractivity contribution in [1.82, 2.24) is 4.98 Å². The Bertz CT molecular complexity index is 440. The molecule has 1 rings (SSSR count). The molecular weight excluding hydrogens is 250 g/mol. The molecule has 0 atom stereocenters. The van der Waals surface area contributed by atoms with Crippen LogP contribution in [0.25, 0.3) is 0 Å². The summed E-state index contributed by atoms with van der Waals surface area (Å²) in [6, 6.07) is 3.64. The molecule has 0 spiro atoms. The van der Waals surface area contributed by atoms with E-state index in [-0.39, 0.29) is 5.41 Å². The van der Waals surface area contributed by atoms with Gasteiger partial charge in [0.2, 0.25) is 0 Å². The first-order valence-electron chi connectivity index (χ1n) is 5.77. The van der Waals surface area contributed by atoms with E-state index in [9.17, 15) is 0 Å². The summed E-state index contributed by atoms with van der Waals surface area (Å²) >= 11 is 6.07. The Balaban J connectivity index is 2.66. The molecule has 0 aliphatic rings. The molecule has 0 amide bonds. The molecule has 0 aromatic carbocycles. The minimum atomic E-state index is 0.0731. The normalized spacial score (nSPS) is 11.1. The molecule has 0 saturated carbocycles. The second-order valence-electron chi connectivity index (χ2n) is 4.89. The molecule has 0 radical (unpaired) electrons. The lowest BCUT2D eigenvalue weighted by molar-refractivity contribution is 0.157. The molecule has 1 heterocycles. The first kappa shape index (κ1) is 14.7. The maximum Gasteiger partial charge on any atom is 0.146 e. The zero-order valence-corrected chi connectivity index (χ0v) is 11.7. The van der Waals surface area contributed by atoms with Crippen LogP contribution in [-0.4, -0.2) is 25.2 Å². The lowest BCUT2D eigenvalue weighted by Gasteiger charge is -2.25. The number of hydrogen-bond donors (Lipinski definition) is 1. The van der Waals surface area contributed by atoms with E-state index in [4.69, 9.17) is 21.6 Å². The van der Waals surface area contributed by atoms with Gasteiger partial charge in [0.1, 0.15) is 16.9 Å². The van der Waals surface area contributed by atoms with Gasteiger partial charge in [0.15, 0.2) is 0 Å². The van der Waals surface area contributed by atoms with E-state index < -0.39 is 0 Å². The van der Waals surface area contributed by atoms with Crippen LogP contribution in [0.15, 0.2) is 12.3 Å². The summed E-state index contributed by atoms with van der Waals surface area (Å²) in [7, 11) is 1.69. The number of nitriles is 1. The number of pyridine rings is 1. The summed E-state index contributed by atoms with van der Waals surface area (Å²) in [6.45, 7) is 5.72. The van der Waals surface area contributed by atoms with Crippen LogP contribution in [0, 0.1) is 16.7 Å². The number of anilines is 1. The summed E-state index contributed by atoms with van der Waals surface area (Å²) in [5.41, 5.74) is 0.507. The fraction of sp³-hybridized carbons (Fsp3) is 0.538. The fourth-order valence-corrected chi connectivity index (χ4v) is 1.66. The van der Waals surface area contributed by atoms with Crippen molar-refractivity contribution in [3.63, 3.8) is 0 Å². The van der Waals surface area contributed by atoms with E-state index in [1.807, 2.05) is 6.07 Å². The van der Waals surface area contributed by atoms with Gasteiger partial charge in [-0.3, -0.25) is 0 Å². The van der Waals surface area contributed by atoms with E-state index in [1.54, 1.807) is 19.4 Å². The van der Waals surface area contributed by atoms with Gasteiger partial charge in [-0.15, -0.1) is 0 Å². The topological polar surface area (TPSA) is 57.9 Å². The molecule has 1 aromatic heterocycles. The second-order valence-corrected chi connectivity index (χ2v) is 5.27. The van der Waals surface area contributed by atoms with Crippen LogP contribution in [0.4, 0.5) is 5.82 Å². The smallest absolute Gasteiger partial charge is 0.146 e. The highest BCUT2D eigenvalue weighted by atomic mass is 35.5. The minimum Gasteiger partial charge on any atom is -0.385 e. The molecule has 0 saturated heterocycles. The Morgan fingerprint density at radius 1 is 1.56 bits per heavy atom. The van der Waals surface area contributed by atoms with Crippen LogP contribution >= 0.6 is 11.6 Å². The first-order valence-corrected chi connectivity index (χ1v) is 6.15. The van der Waals surface area contributed by atoms with Crippen LogP contribution in [-0.2, 0) is 4.74 Å². The third-order valence-corrected chi connectivity index (χ3v) is 3.11. The lowest BCUT2D eigenvalue weighted by Crippen LogP contribution is -2.25. The zero-order valence-electron chi connectivity index (χ0n) is 11.0. The molecule has 98 valence electrons. The van der Waals surface area contributed by atoms with Crippen molar-refractivity contribution < 1.29 is 4.74 Å². The third-order valence-electron chi connectivity index (χ3n) is 2.73. The van der Waals surface area contributed by atoms with Crippen LogP contribution in [0.1, 0.15) is 25.8 Å². The predicted molar refractivity (Wildman–Crippen MR) is 72.7 cm³/mol. The van der Waals surface area contributed by atoms with Crippen LogP contribution in [0.2, 0.25) is 5.02 Å². The Hall–Kier alpha value is -1.31. The molecule has 1 N–H and O–H groups in total. The number of nitrogens with one attached hydrogen (secondary N) is 1. The standard InChI is InChI=1S/C13H18ClN3O/c1-13(2,5-7-18-3)9-17-12-11(14)10(8-15)4-6-16-12/h4,6H,5,7,9H2,1-3H3,(H,16,17). The molecule has 0 bridgehead atoms. The van der Waals surface area contributed by atoms with Gasteiger partial charge >= 0.3 is 0 Å². The Labute approximate surface area is 113 Å². The van der Waals surface area contributed by atoms with Crippen molar-refractivity contribution >= 4 is 17.4 Å². The van der Waals surface area contributed by atoms with Gasteiger partial charge in [-0.2, -0.15) is 5.26 Å². The van der Waals surface area contributed by atoms with Crippen molar-refractivity contribution in [2.75, 3.05) is 25.6 Å². The van der Waals surface area contributed by atoms with E-state index in [1.165, 1.54) is 0 Å². The van der Waals surface area contributed by atoms with Crippen LogP contribution in [0.3, 0.4) is 0 Å². The molecule has 0 unspecified atom stereocenters. The highest BCUT2D eigenvalue weighted by Crippen LogP contribution is 2.26. The first-order chi connectivity index (χ1) is 8.50. The summed E-state index contributed by atoms with van der Waals surface area (Å²) in [6.07, 6.45) is 2.51. The van der Waals surface area contributed by atoms with Crippen molar-refractivity contribution in [2.24, 2.45) is 5.41 Å². The van der Waals surface area contributed by atoms with Crippen molar-refractivity contribution in [1.29, 1.82) is 5.26 Å². The predicted octanol–water partition coefficient (Wildman–Crippen LogP) is 3.08. The maximum absolute atomic E-state index is 8.88. The van der Waals surface area contributed by atoms with Gasteiger partial charge in [0.25, 0.3) is 0 Å². The lowest BCUT2D eigenvalue weighted by atomic mass is 9.90.